The first-order valence-corrected chi connectivity index (χ1v) is 7.23. The van der Waals surface area contributed by atoms with E-state index >= 15 is 0 Å². The minimum Gasteiger partial charge on any atom is -0.316 e. The van der Waals surface area contributed by atoms with Crippen LogP contribution in [0.5, 0.6) is 0 Å². The molecular weight excluding hydrogens is 224 g/mol. The minimum absolute atomic E-state index is 0.428. The summed E-state index contributed by atoms with van der Waals surface area (Å²) in [6.07, 6.45) is 9.20. The van der Waals surface area contributed by atoms with E-state index in [1.54, 1.807) is 6.33 Å². The molecule has 4 heteroatoms. The molecule has 1 N–H and O–H groups in total. The van der Waals surface area contributed by atoms with Gasteiger partial charge in [-0.15, -0.1) is 0 Å². The van der Waals surface area contributed by atoms with Crippen LogP contribution in [0.3, 0.4) is 0 Å². The molecule has 1 saturated carbocycles. The maximum atomic E-state index is 4.44. The van der Waals surface area contributed by atoms with Crippen molar-refractivity contribution in [3.63, 3.8) is 0 Å². The molecule has 18 heavy (non-hydrogen) atoms. The van der Waals surface area contributed by atoms with Crippen molar-refractivity contribution in [2.24, 2.45) is 5.41 Å². The lowest BCUT2D eigenvalue weighted by atomic mass is 9.79. The van der Waals surface area contributed by atoms with Crippen LogP contribution in [0, 0.1) is 5.41 Å². The maximum absolute atomic E-state index is 4.44. The summed E-state index contributed by atoms with van der Waals surface area (Å²) in [6.45, 7) is 5.57. The molecule has 1 aliphatic rings. The number of rotatable bonds is 6. The Bertz CT molecular complexity index is 366. The summed E-state index contributed by atoms with van der Waals surface area (Å²) in [4.78, 5) is 4.44. The van der Waals surface area contributed by atoms with Crippen molar-refractivity contribution in [3.05, 3.63) is 12.2 Å². The van der Waals surface area contributed by atoms with Crippen molar-refractivity contribution in [2.75, 3.05) is 7.05 Å². The largest absolute Gasteiger partial charge is 0.316 e. The molecule has 1 heterocycles. The minimum atomic E-state index is 0.428. The van der Waals surface area contributed by atoms with E-state index in [2.05, 4.69) is 41.0 Å². The highest BCUT2D eigenvalue weighted by atomic mass is 15.3. The Morgan fingerprint density at radius 1 is 1.44 bits per heavy atom. The van der Waals surface area contributed by atoms with Crippen molar-refractivity contribution < 1.29 is 0 Å². The van der Waals surface area contributed by atoms with Gasteiger partial charge in [-0.3, -0.25) is 4.68 Å². The van der Waals surface area contributed by atoms with Crippen LogP contribution in [0.25, 0.3) is 0 Å². The van der Waals surface area contributed by atoms with E-state index in [1.807, 2.05) is 0 Å². The lowest BCUT2D eigenvalue weighted by Gasteiger charge is -2.33. The number of likely N-dealkylation sites (N-methyl/N-ethyl adjacent to an activating group) is 1. The van der Waals surface area contributed by atoms with Gasteiger partial charge in [0.05, 0.1) is 0 Å². The van der Waals surface area contributed by atoms with Gasteiger partial charge in [-0.1, -0.05) is 26.7 Å². The summed E-state index contributed by atoms with van der Waals surface area (Å²) in [7, 11) is 2.08. The highest BCUT2D eigenvalue weighted by Crippen LogP contribution is 2.41. The molecule has 0 radical (unpaired) electrons. The van der Waals surface area contributed by atoms with E-state index in [0.29, 0.717) is 11.5 Å². The average Bonchev–Trinajstić information content (AvgIpc) is 2.97. The normalized spacial score (nSPS) is 20.2. The predicted octanol–water partition coefficient (Wildman–Crippen LogP) is 2.40. The van der Waals surface area contributed by atoms with Crippen LogP contribution >= 0.6 is 0 Å². The molecule has 1 aliphatic carbocycles. The first-order chi connectivity index (χ1) is 8.69. The van der Waals surface area contributed by atoms with Crippen LogP contribution in [0.15, 0.2) is 6.33 Å². The van der Waals surface area contributed by atoms with Gasteiger partial charge in [-0.25, -0.2) is 4.98 Å². The van der Waals surface area contributed by atoms with Crippen molar-refractivity contribution in [2.45, 2.75) is 65.0 Å². The van der Waals surface area contributed by atoms with Gasteiger partial charge in [0.25, 0.3) is 0 Å². The van der Waals surface area contributed by atoms with Crippen LogP contribution in [0.4, 0.5) is 0 Å². The number of hydrogen-bond acceptors (Lipinski definition) is 3. The fourth-order valence-electron chi connectivity index (χ4n) is 3.26. The molecule has 102 valence electrons. The Kier molecular flexibility index (Phi) is 4.38. The Morgan fingerprint density at radius 3 is 2.78 bits per heavy atom. The summed E-state index contributed by atoms with van der Waals surface area (Å²) in [5.41, 5.74) is 0.428. The first-order valence-electron chi connectivity index (χ1n) is 7.23. The zero-order valence-electron chi connectivity index (χ0n) is 11.9. The van der Waals surface area contributed by atoms with Crippen molar-refractivity contribution in [1.82, 2.24) is 20.1 Å². The molecule has 4 nitrogen and oxygen atoms in total. The summed E-state index contributed by atoms with van der Waals surface area (Å²) >= 11 is 0. The number of aryl methyl sites for hydroxylation is 1. The summed E-state index contributed by atoms with van der Waals surface area (Å²) in [5, 5.41) is 7.83. The second kappa shape index (κ2) is 5.83. The number of aromatic nitrogens is 3. The Morgan fingerprint density at radius 2 is 2.17 bits per heavy atom. The van der Waals surface area contributed by atoms with Crippen molar-refractivity contribution in [3.8, 4) is 0 Å². The van der Waals surface area contributed by atoms with Crippen LogP contribution in [-0.4, -0.2) is 27.9 Å². The van der Waals surface area contributed by atoms with E-state index in [-0.39, 0.29) is 0 Å². The van der Waals surface area contributed by atoms with E-state index in [4.69, 9.17) is 0 Å². The molecule has 0 aromatic carbocycles. The van der Waals surface area contributed by atoms with Crippen LogP contribution < -0.4 is 5.32 Å². The Hall–Kier alpha value is -0.900. The third kappa shape index (κ3) is 2.74. The van der Waals surface area contributed by atoms with E-state index in [0.717, 1.165) is 25.2 Å². The smallest absolute Gasteiger partial charge is 0.138 e. The predicted molar refractivity (Wildman–Crippen MR) is 73.4 cm³/mol. The number of hydrogen-bond donors (Lipinski definition) is 1. The number of nitrogens with one attached hydrogen (secondary N) is 1. The van der Waals surface area contributed by atoms with Gasteiger partial charge >= 0.3 is 0 Å². The topological polar surface area (TPSA) is 42.7 Å². The fourth-order valence-corrected chi connectivity index (χ4v) is 3.26. The van der Waals surface area contributed by atoms with Gasteiger partial charge in [0.1, 0.15) is 12.2 Å². The van der Waals surface area contributed by atoms with Gasteiger partial charge in [-0.2, -0.15) is 5.10 Å². The standard InChI is InChI=1S/C14H26N4/c1-4-9-18-13(16-11-17-18)10-12(15-3)14(2)7-5-6-8-14/h11-12,15H,4-10H2,1-3H3. The van der Waals surface area contributed by atoms with E-state index in [1.165, 1.54) is 25.7 Å². The second-order valence-corrected chi connectivity index (χ2v) is 5.81. The Labute approximate surface area is 110 Å². The fraction of sp³-hybridized carbons (Fsp3) is 0.857. The molecule has 2 rings (SSSR count). The first kappa shape index (κ1) is 13.5. The molecule has 0 amide bonds. The van der Waals surface area contributed by atoms with E-state index < -0.39 is 0 Å². The lowest BCUT2D eigenvalue weighted by Crippen LogP contribution is -2.42. The molecule has 1 aromatic heterocycles. The summed E-state index contributed by atoms with van der Waals surface area (Å²) in [5.74, 6) is 1.13. The highest BCUT2D eigenvalue weighted by molar-refractivity contribution is 4.98. The molecule has 1 atom stereocenters. The monoisotopic (exact) mass is 250 g/mol. The third-order valence-electron chi connectivity index (χ3n) is 4.45. The molecule has 0 saturated heterocycles. The van der Waals surface area contributed by atoms with Gasteiger partial charge in [0.2, 0.25) is 0 Å². The molecule has 0 aliphatic heterocycles. The van der Waals surface area contributed by atoms with Crippen LogP contribution in [-0.2, 0) is 13.0 Å². The Balaban J connectivity index is 2.07. The third-order valence-corrected chi connectivity index (χ3v) is 4.45. The number of nitrogens with zero attached hydrogens (tertiary/aromatic N) is 3. The molecular formula is C14H26N4. The molecule has 0 spiro atoms. The second-order valence-electron chi connectivity index (χ2n) is 5.81. The van der Waals surface area contributed by atoms with Gasteiger partial charge in [0, 0.05) is 19.0 Å². The molecule has 1 aromatic rings. The van der Waals surface area contributed by atoms with Gasteiger partial charge < -0.3 is 5.32 Å². The van der Waals surface area contributed by atoms with Crippen molar-refractivity contribution in [1.29, 1.82) is 0 Å². The quantitative estimate of drug-likeness (QED) is 0.843. The molecule has 0 bridgehead atoms. The molecule has 1 fully saturated rings. The summed E-state index contributed by atoms with van der Waals surface area (Å²) < 4.78 is 2.06. The average molecular weight is 250 g/mol. The zero-order chi connectivity index (χ0) is 13.0. The molecule has 1 unspecified atom stereocenters. The summed E-state index contributed by atoms with van der Waals surface area (Å²) in [6, 6.07) is 0.514. The zero-order valence-corrected chi connectivity index (χ0v) is 11.9. The van der Waals surface area contributed by atoms with Crippen LogP contribution in [0.2, 0.25) is 0 Å². The van der Waals surface area contributed by atoms with Gasteiger partial charge in [0.15, 0.2) is 0 Å². The highest BCUT2D eigenvalue weighted by Gasteiger charge is 2.36. The maximum Gasteiger partial charge on any atom is 0.138 e. The van der Waals surface area contributed by atoms with Crippen molar-refractivity contribution >= 4 is 0 Å². The lowest BCUT2D eigenvalue weighted by molar-refractivity contribution is 0.225. The SMILES string of the molecule is CCCn1ncnc1CC(NC)C1(C)CCCC1. The van der Waals surface area contributed by atoms with E-state index in [9.17, 15) is 0 Å². The van der Waals surface area contributed by atoms with Crippen LogP contribution in [0.1, 0.15) is 51.8 Å². The van der Waals surface area contributed by atoms with Gasteiger partial charge in [-0.05, 0) is 31.7 Å².